The van der Waals surface area contributed by atoms with Gasteiger partial charge in [-0.05, 0) is 43.5 Å². The Balaban J connectivity index is 0.00000338. The molecule has 0 radical (unpaired) electrons. The standard InChI is InChI=1S/C18H27N3O4.ClH/c1-12(22)21-14-9-13(10-15(24-3)16(14)25-4)17(23)20-11-18(2)5-7-19-8-6-18;/h9-10,19H,5-8,11H2,1-4H3,(H,20,23)(H,21,22);1H. The zero-order valence-electron chi connectivity index (χ0n) is 15.7. The van der Waals surface area contributed by atoms with Crippen molar-refractivity contribution in [1.82, 2.24) is 10.6 Å². The summed E-state index contributed by atoms with van der Waals surface area (Å²) in [5.41, 5.74) is 0.921. The third kappa shape index (κ3) is 5.51. The fraction of sp³-hybridized carbons (Fsp3) is 0.556. The Hall–Kier alpha value is -1.99. The van der Waals surface area contributed by atoms with Gasteiger partial charge in [-0.15, -0.1) is 12.4 Å². The van der Waals surface area contributed by atoms with Crippen LogP contribution in [-0.4, -0.2) is 45.7 Å². The Morgan fingerprint density at radius 2 is 1.85 bits per heavy atom. The lowest BCUT2D eigenvalue weighted by Crippen LogP contribution is -2.42. The van der Waals surface area contributed by atoms with Gasteiger partial charge in [-0.25, -0.2) is 0 Å². The molecule has 0 aliphatic carbocycles. The Labute approximate surface area is 160 Å². The van der Waals surface area contributed by atoms with Crippen molar-refractivity contribution in [2.45, 2.75) is 26.7 Å². The van der Waals surface area contributed by atoms with Crippen LogP contribution >= 0.6 is 12.4 Å². The average Bonchev–Trinajstić information content (AvgIpc) is 2.59. The van der Waals surface area contributed by atoms with Gasteiger partial charge in [0, 0.05) is 19.0 Å². The van der Waals surface area contributed by atoms with Gasteiger partial charge in [0.1, 0.15) is 0 Å². The first kappa shape index (κ1) is 22.1. The van der Waals surface area contributed by atoms with E-state index in [1.807, 2.05) is 0 Å². The van der Waals surface area contributed by atoms with E-state index in [2.05, 4.69) is 22.9 Å². The number of hydrogen-bond acceptors (Lipinski definition) is 5. The predicted molar refractivity (Wildman–Crippen MR) is 104 cm³/mol. The highest BCUT2D eigenvalue weighted by atomic mass is 35.5. The second-order valence-electron chi connectivity index (χ2n) is 6.68. The molecule has 1 aromatic carbocycles. The zero-order valence-corrected chi connectivity index (χ0v) is 16.5. The van der Waals surface area contributed by atoms with Crippen molar-refractivity contribution in [1.29, 1.82) is 0 Å². The summed E-state index contributed by atoms with van der Waals surface area (Å²) in [6.45, 7) is 6.13. The Kier molecular flexibility index (Phi) is 8.17. The van der Waals surface area contributed by atoms with Crippen LogP contribution in [0.15, 0.2) is 12.1 Å². The SMILES string of the molecule is COc1cc(C(=O)NCC2(C)CCNCC2)cc(NC(C)=O)c1OC.Cl. The molecule has 0 aromatic heterocycles. The molecule has 0 saturated carbocycles. The molecule has 0 atom stereocenters. The molecular weight excluding hydrogens is 358 g/mol. The van der Waals surface area contributed by atoms with Crippen LogP contribution in [-0.2, 0) is 4.79 Å². The van der Waals surface area contributed by atoms with Crippen LogP contribution in [0.3, 0.4) is 0 Å². The fourth-order valence-electron chi connectivity index (χ4n) is 2.98. The lowest BCUT2D eigenvalue weighted by molar-refractivity contribution is -0.114. The molecule has 3 N–H and O–H groups in total. The summed E-state index contributed by atoms with van der Waals surface area (Å²) in [6.07, 6.45) is 2.05. The first-order valence-corrected chi connectivity index (χ1v) is 8.41. The number of ether oxygens (including phenoxy) is 2. The van der Waals surface area contributed by atoms with E-state index in [4.69, 9.17) is 9.47 Å². The van der Waals surface area contributed by atoms with Crippen molar-refractivity contribution >= 4 is 29.9 Å². The van der Waals surface area contributed by atoms with Crippen molar-refractivity contribution in [2.24, 2.45) is 5.41 Å². The molecule has 1 aliphatic heterocycles. The maximum Gasteiger partial charge on any atom is 0.251 e. The number of piperidine rings is 1. The number of carbonyl (C=O) groups is 2. The van der Waals surface area contributed by atoms with Gasteiger partial charge < -0.3 is 25.4 Å². The Morgan fingerprint density at radius 1 is 1.19 bits per heavy atom. The molecular formula is C18H28ClN3O4. The van der Waals surface area contributed by atoms with Gasteiger partial charge in [-0.1, -0.05) is 6.92 Å². The van der Waals surface area contributed by atoms with Crippen LogP contribution in [0.4, 0.5) is 5.69 Å². The summed E-state index contributed by atoms with van der Waals surface area (Å²) in [5, 5.41) is 9.01. The Bertz CT molecular complexity index is 646. The number of benzene rings is 1. The number of methoxy groups -OCH3 is 2. The summed E-state index contributed by atoms with van der Waals surface area (Å²) in [7, 11) is 2.98. The van der Waals surface area contributed by atoms with E-state index in [1.165, 1.54) is 21.1 Å². The minimum atomic E-state index is -0.250. The summed E-state index contributed by atoms with van der Waals surface area (Å²) >= 11 is 0. The van der Waals surface area contributed by atoms with Crippen LogP contribution in [0.5, 0.6) is 11.5 Å². The third-order valence-electron chi connectivity index (χ3n) is 4.54. The van der Waals surface area contributed by atoms with Gasteiger partial charge in [-0.3, -0.25) is 9.59 Å². The molecule has 0 unspecified atom stereocenters. The van der Waals surface area contributed by atoms with Gasteiger partial charge in [0.2, 0.25) is 5.91 Å². The molecule has 1 aliphatic rings. The molecule has 1 aromatic rings. The second-order valence-corrected chi connectivity index (χ2v) is 6.68. The van der Waals surface area contributed by atoms with E-state index in [0.29, 0.717) is 29.3 Å². The molecule has 26 heavy (non-hydrogen) atoms. The van der Waals surface area contributed by atoms with Crippen LogP contribution in [0.2, 0.25) is 0 Å². The molecule has 2 rings (SSSR count). The lowest BCUT2D eigenvalue weighted by atomic mass is 9.81. The molecule has 0 bridgehead atoms. The number of rotatable bonds is 6. The maximum absolute atomic E-state index is 12.6. The van der Waals surface area contributed by atoms with Crippen molar-refractivity contribution in [3.05, 3.63) is 17.7 Å². The van der Waals surface area contributed by atoms with Crippen molar-refractivity contribution < 1.29 is 19.1 Å². The van der Waals surface area contributed by atoms with E-state index in [1.54, 1.807) is 12.1 Å². The molecule has 1 fully saturated rings. The zero-order chi connectivity index (χ0) is 18.4. The molecule has 8 heteroatoms. The van der Waals surface area contributed by atoms with Gasteiger partial charge in [-0.2, -0.15) is 0 Å². The third-order valence-corrected chi connectivity index (χ3v) is 4.54. The summed E-state index contributed by atoms with van der Waals surface area (Å²) in [4.78, 5) is 24.0. The summed E-state index contributed by atoms with van der Waals surface area (Å²) in [5.74, 6) is 0.332. The molecule has 1 heterocycles. The van der Waals surface area contributed by atoms with Crippen molar-refractivity contribution in [3.63, 3.8) is 0 Å². The maximum atomic E-state index is 12.6. The van der Waals surface area contributed by atoms with Gasteiger partial charge >= 0.3 is 0 Å². The molecule has 0 spiro atoms. The van der Waals surface area contributed by atoms with E-state index in [9.17, 15) is 9.59 Å². The second kappa shape index (κ2) is 9.64. The van der Waals surface area contributed by atoms with Crippen molar-refractivity contribution in [3.8, 4) is 11.5 Å². The fourth-order valence-corrected chi connectivity index (χ4v) is 2.98. The van der Waals surface area contributed by atoms with Gasteiger partial charge in [0.05, 0.1) is 19.9 Å². The largest absolute Gasteiger partial charge is 0.493 e. The van der Waals surface area contributed by atoms with E-state index in [0.717, 1.165) is 25.9 Å². The monoisotopic (exact) mass is 385 g/mol. The molecule has 1 saturated heterocycles. The number of hydrogen-bond donors (Lipinski definition) is 3. The van der Waals surface area contributed by atoms with Gasteiger partial charge in [0.15, 0.2) is 11.5 Å². The first-order chi connectivity index (χ1) is 11.9. The number of carbonyl (C=O) groups excluding carboxylic acids is 2. The van der Waals surface area contributed by atoms with Crippen LogP contribution in [0.1, 0.15) is 37.0 Å². The summed E-state index contributed by atoms with van der Waals surface area (Å²) < 4.78 is 10.6. The highest BCUT2D eigenvalue weighted by Gasteiger charge is 2.27. The summed E-state index contributed by atoms with van der Waals surface area (Å²) in [6, 6.07) is 3.22. The van der Waals surface area contributed by atoms with E-state index < -0.39 is 0 Å². The topological polar surface area (TPSA) is 88.7 Å². The number of halogens is 1. The number of nitrogens with one attached hydrogen (secondary N) is 3. The minimum absolute atomic E-state index is 0. The lowest BCUT2D eigenvalue weighted by Gasteiger charge is -2.34. The van der Waals surface area contributed by atoms with Crippen LogP contribution < -0.4 is 25.4 Å². The first-order valence-electron chi connectivity index (χ1n) is 8.41. The highest BCUT2D eigenvalue weighted by Crippen LogP contribution is 2.36. The quantitative estimate of drug-likeness (QED) is 0.698. The van der Waals surface area contributed by atoms with Crippen LogP contribution in [0, 0.1) is 5.41 Å². The van der Waals surface area contributed by atoms with Crippen LogP contribution in [0.25, 0.3) is 0 Å². The minimum Gasteiger partial charge on any atom is -0.493 e. The molecule has 146 valence electrons. The van der Waals surface area contributed by atoms with Gasteiger partial charge in [0.25, 0.3) is 5.91 Å². The number of amides is 2. The molecule has 7 nitrogen and oxygen atoms in total. The van der Waals surface area contributed by atoms with Crippen molar-refractivity contribution in [2.75, 3.05) is 39.2 Å². The Morgan fingerprint density at radius 3 is 2.38 bits per heavy atom. The normalized spacial score (nSPS) is 15.4. The smallest absolute Gasteiger partial charge is 0.251 e. The highest BCUT2D eigenvalue weighted by molar-refractivity contribution is 5.99. The van der Waals surface area contributed by atoms with E-state index in [-0.39, 0.29) is 29.6 Å². The predicted octanol–water partition coefficient (Wildman–Crippen LogP) is 2.20. The number of anilines is 1. The molecule has 2 amide bonds. The van der Waals surface area contributed by atoms with E-state index >= 15 is 0 Å². The average molecular weight is 386 g/mol.